The van der Waals surface area contributed by atoms with E-state index < -0.39 is 0 Å². The van der Waals surface area contributed by atoms with Crippen LogP contribution in [-0.2, 0) is 19.1 Å². The standard InChI is InChI=1S/C19H24O5/c1-15(2)19(21)24-14-6-4-5-13-23-17-10-7-16(8-11-17)9-12-18(20)22-3/h7-12H,1,4-6,13-14H2,2-3H3/b12-9+. The number of rotatable bonds is 10. The highest BCUT2D eigenvalue weighted by molar-refractivity contribution is 5.87. The Morgan fingerprint density at radius 3 is 2.38 bits per heavy atom. The van der Waals surface area contributed by atoms with Crippen molar-refractivity contribution in [2.24, 2.45) is 0 Å². The summed E-state index contributed by atoms with van der Waals surface area (Å²) in [5.41, 5.74) is 1.32. The lowest BCUT2D eigenvalue weighted by Crippen LogP contribution is -2.06. The van der Waals surface area contributed by atoms with E-state index in [0.717, 1.165) is 30.6 Å². The van der Waals surface area contributed by atoms with Crippen molar-refractivity contribution in [3.05, 3.63) is 48.1 Å². The third-order valence-corrected chi connectivity index (χ3v) is 3.13. The van der Waals surface area contributed by atoms with Gasteiger partial charge in [-0.2, -0.15) is 0 Å². The minimum Gasteiger partial charge on any atom is -0.494 e. The van der Waals surface area contributed by atoms with Crippen LogP contribution < -0.4 is 4.74 Å². The molecule has 0 aliphatic carbocycles. The van der Waals surface area contributed by atoms with Gasteiger partial charge in [0.1, 0.15) is 5.75 Å². The van der Waals surface area contributed by atoms with Gasteiger partial charge in [-0.3, -0.25) is 0 Å². The predicted octanol–water partition coefficient (Wildman–Crippen LogP) is 3.54. The third-order valence-electron chi connectivity index (χ3n) is 3.13. The van der Waals surface area contributed by atoms with Crippen LogP contribution in [0.25, 0.3) is 6.08 Å². The van der Waals surface area contributed by atoms with Gasteiger partial charge in [0.05, 0.1) is 20.3 Å². The van der Waals surface area contributed by atoms with Gasteiger partial charge >= 0.3 is 11.9 Å². The van der Waals surface area contributed by atoms with Crippen LogP contribution in [0.3, 0.4) is 0 Å². The van der Waals surface area contributed by atoms with E-state index in [1.807, 2.05) is 24.3 Å². The fourth-order valence-electron chi connectivity index (χ4n) is 1.77. The molecular formula is C19H24O5. The van der Waals surface area contributed by atoms with Crippen molar-refractivity contribution in [2.75, 3.05) is 20.3 Å². The lowest BCUT2D eigenvalue weighted by atomic mass is 10.2. The number of hydrogen-bond acceptors (Lipinski definition) is 5. The quantitative estimate of drug-likeness (QED) is 0.372. The Morgan fingerprint density at radius 1 is 1.08 bits per heavy atom. The molecule has 5 heteroatoms. The monoisotopic (exact) mass is 332 g/mol. The molecule has 0 aliphatic heterocycles. The smallest absolute Gasteiger partial charge is 0.333 e. The van der Waals surface area contributed by atoms with E-state index in [1.165, 1.54) is 13.2 Å². The highest BCUT2D eigenvalue weighted by atomic mass is 16.5. The molecule has 0 radical (unpaired) electrons. The van der Waals surface area contributed by atoms with Gasteiger partial charge in [-0.1, -0.05) is 18.7 Å². The maximum atomic E-state index is 11.2. The van der Waals surface area contributed by atoms with Crippen LogP contribution in [0.4, 0.5) is 0 Å². The number of esters is 2. The van der Waals surface area contributed by atoms with Gasteiger partial charge in [-0.15, -0.1) is 0 Å². The molecule has 1 aromatic rings. The van der Waals surface area contributed by atoms with E-state index in [9.17, 15) is 9.59 Å². The topological polar surface area (TPSA) is 61.8 Å². The summed E-state index contributed by atoms with van der Waals surface area (Å²) in [4.78, 5) is 22.2. The molecule has 0 saturated heterocycles. The van der Waals surface area contributed by atoms with Gasteiger partial charge in [-0.25, -0.2) is 9.59 Å². The number of benzene rings is 1. The summed E-state index contributed by atoms with van der Waals surface area (Å²) in [6.07, 6.45) is 5.66. The number of methoxy groups -OCH3 is 1. The van der Waals surface area contributed by atoms with E-state index in [1.54, 1.807) is 13.0 Å². The molecule has 0 bridgehead atoms. The van der Waals surface area contributed by atoms with Gasteiger partial charge in [0.25, 0.3) is 0 Å². The average molecular weight is 332 g/mol. The number of unbranched alkanes of at least 4 members (excludes halogenated alkanes) is 2. The van der Waals surface area contributed by atoms with Crippen LogP contribution in [0.5, 0.6) is 5.75 Å². The molecule has 0 spiro atoms. The van der Waals surface area contributed by atoms with Crippen LogP contribution in [0, 0.1) is 0 Å². The molecule has 0 heterocycles. The van der Waals surface area contributed by atoms with E-state index in [4.69, 9.17) is 9.47 Å². The first kappa shape index (κ1) is 19.5. The molecule has 0 atom stereocenters. The number of ether oxygens (including phenoxy) is 3. The van der Waals surface area contributed by atoms with Crippen molar-refractivity contribution < 1.29 is 23.8 Å². The second kappa shape index (κ2) is 11.0. The first-order valence-electron chi connectivity index (χ1n) is 7.84. The molecular weight excluding hydrogens is 308 g/mol. The fraction of sp³-hybridized carbons (Fsp3) is 0.368. The van der Waals surface area contributed by atoms with Crippen LogP contribution in [0.15, 0.2) is 42.5 Å². The molecule has 0 amide bonds. The molecule has 0 saturated carbocycles. The molecule has 0 unspecified atom stereocenters. The lowest BCUT2D eigenvalue weighted by Gasteiger charge is -2.07. The van der Waals surface area contributed by atoms with Gasteiger partial charge in [0.2, 0.25) is 0 Å². The first-order valence-corrected chi connectivity index (χ1v) is 7.84. The van der Waals surface area contributed by atoms with Gasteiger partial charge in [0, 0.05) is 11.6 Å². The molecule has 0 aliphatic rings. The summed E-state index contributed by atoms with van der Waals surface area (Å²) in [5.74, 6) is 0.0516. The Kier molecular flexibility index (Phi) is 8.97. The van der Waals surface area contributed by atoms with Crippen LogP contribution in [0.2, 0.25) is 0 Å². The lowest BCUT2D eigenvalue weighted by molar-refractivity contribution is -0.139. The van der Waals surface area contributed by atoms with E-state index >= 15 is 0 Å². The predicted molar refractivity (Wildman–Crippen MR) is 92.6 cm³/mol. The fourth-order valence-corrected chi connectivity index (χ4v) is 1.77. The van der Waals surface area contributed by atoms with Gasteiger partial charge < -0.3 is 14.2 Å². The maximum absolute atomic E-state index is 11.2. The van der Waals surface area contributed by atoms with Crippen molar-refractivity contribution in [1.29, 1.82) is 0 Å². The van der Waals surface area contributed by atoms with Crippen molar-refractivity contribution in [1.82, 2.24) is 0 Å². The highest BCUT2D eigenvalue weighted by Crippen LogP contribution is 2.14. The molecule has 24 heavy (non-hydrogen) atoms. The second-order valence-electron chi connectivity index (χ2n) is 5.25. The Balaban J connectivity index is 2.17. The minimum absolute atomic E-state index is 0.340. The Bertz CT molecular complexity index is 572. The molecule has 5 nitrogen and oxygen atoms in total. The summed E-state index contributed by atoms with van der Waals surface area (Å²) in [7, 11) is 1.34. The highest BCUT2D eigenvalue weighted by Gasteiger charge is 2.02. The van der Waals surface area contributed by atoms with E-state index in [0.29, 0.717) is 18.8 Å². The van der Waals surface area contributed by atoms with Crippen LogP contribution in [0.1, 0.15) is 31.7 Å². The SMILES string of the molecule is C=C(C)C(=O)OCCCCCOc1ccc(/C=C/C(=O)OC)cc1. The number of carbonyl (C=O) groups excluding carboxylic acids is 2. The third kappa shape index (κ3) is 8.17. The Morgan fingerprint density at radius 2 is 1.75 bits per heavy atom. The second-order valence-corrected chi connectivity index (χ2v) is 5.25. The summed E-state index contributed by atoms with van der Waals surface area (Å²) >= 11 is 0. The summed E-state index contributed by atoms with van der Waals surface area (Å²) < 4.78 is 15.2. The van der Waals surface area contributed by atoms with Crippen molar-refractivity contribution in [3.63, 3.8) is 0 Å². The zero-order chi connectivity index (χ0) is 17.8. The van der Waals surface area contributed by atoms with Gasteiger partial charge in [-0.05, 0) is 50.0 Å². The van der Waals surface area contributed by atoms with E-state index in [2.05, 4.69) is 11.3 Å². The molecule has 0 N–H and O–H groups in total. The Hall–Kier alpha value is -2.56. The summed E-state index contributed by atoms with van der Waals surface area (Å²) in [6.45, 7) is 6.17. The number of hydrogen-bond donors (Lipinski definition) is 0. The minimum atomic E-state index is -0.385. The Labute approximate surface area is 142 Å². The molecule has 0 fully saturated rings. The van der Waals surface area contributed by atoms with Crippen molar-refractivity contribution in [2.45, 2.75) is 26.2 Å². The zero-order valence-corrected chi connectivity index (χ0v) is 14.2. The average Bonchev–Trinajstić information content (AvgIpc) is 2.59. The van der Waals surface area contributed by atoms with Crippen molar-refractivity contribution >= 4 is 18.0 Å². The van der Waals surface area contributed by atoms with Gasteiger partial charge in [0.15, 0.2) is 0 Å². The molecule has 130 valence electrons. The van der Waals surface area contributed by atoms with E-state index in [-0.39, 0.29) is 11.9 Å². The van der Waals surface area contributed by atoms with Crippen LogP contribution >= 0.6 is 0 Å². The number of carbonyl (C=O) groups is 2. The normalized spacial score (nSPS) is 10.4. The molecule has 1 aromatic carbocycles. The van der Waals surface area contributed by atoms with Crippen molar-refractivity contribution in [3.8, 4) is 5.75 Å². The molecule has 1 rings (SSSR count). The van der Waals surface area contributed by atoms with Crippen LogP contribution in [-0.4, -0.2) is 32.3 Å². The summed E-state index contributed by atoms with van der Waals surface area (Å²) in [6, 6.07) is 7.44. The maximum Gasteiger partial charge on any atom is 0.333 e. The first-order chi connectivity index (χ1) is 11.5. The largest absolute Gasteiger partial charge is 0.494 e. The zero-order valence-electron chi connectivity index (χ0n) is 14.2. The molecule has 0 aromatic heterocycles. The summed E-state index contributed by atoms with van der Waals surface area (Å²) in [5, 5.41) is 0.